The van der Waals surface area contributed by atoms with Crippen LogP contribution in [0.15, 0.2) is 30.5 Å². The Balaban J connectivity index is 1.73. The van der Waals surface area contributed by atoms with E-state index in [9.17, 15) is 9.59 Å². The molecule has 5 nitrogen and oxygen atoms in total. The van der Waals surface area contributed by atoms with E-state index in [1.165, 1.54) is 0 Å². The summed E-state index contributed by atoms with van der Waals surface area (Å²) in [7, 11) is 0. The lowest BCUT2D eigenvalue weighted by Crippen LogP contribution is -2.42. The van der Waals surface area contributed by atoms with Gasteiger partial charge in [-0.1, -0.05) is 51.3 Å². The number of unbranched alkanes of at least 4 members (excludes halogenated alkanes) is 1. The first-order valence-corrected chi connectivity index (χ1v) is 9.26. The van der Waals surface area contributed by atoms with Crippen LogP contribution in [0.1, 0.15) is 45.1 Å². The van der Waals surface area contributed by atoms with Gasteiger partial charge in [-0.05, 0) is 30.4 Å². The van der Waals surface area contributed by atoms with Crippen molar-refractivity contribution in [3.8, 4) is 0 Å². The van der Waals surface area contributed by atoms with Crippen molar-refractivity contribution in [3.05, 3.63) is 36.0 Å². The zero-order chi connectivity index (χ0) is 18.1. The van der Waals surface area contributed by atoms with Gasteiger partial charge >= 0.3 is 11.8 Å². The van der Waals surface area contributed by atoms with E-state index in [4.69, 9.17) is 0 Å². The molecule has 0 bridgehead atoms. The van der Waals surface area contributed by atoms with Gasteiger partial charge in [-0.2, -0.15) is 0 Å². The maximum atomic E-state index is 11.9. The first-order valence-electron chi connectivity index (χ1n) is 9.26. The molecule has 0 aliphatic carbocycles. The summed E-state index contributed by atoms with van der Waals surface area (Å²) < 4.78 is 0. The van der Waals surface area contributed by atoms with Crippen LogP contribution in [0.4, 0.5) is 0 Å². The Hall–Kier alpha value is -2.30. The maximum Gasteiger partial charge on any atom is 0.309 e. The van der Waals surface area contributed by atoms with E-state index in [0.717, 1.165) is 42.1 Å². The van der Waals surface area contributed by atoms with Crippen LogP contribution in [0.2, 0.25) is 0 Å². The molecule has 0 aliphatic rings. The van der Waals surface area contributed by atoms with Crippen LogP contribution in [0.3, 0.4) is 0 Å². The van der Waals surface area contributed by atoms with Crippen molar-refractivity contribution in [1.82, 2.24) is 15.6 Å². The Labute approximate surface area is 149 Å². The minimum absolute atomic E-state index is 0.446. The van der Waals surface area contributed by atoms with Crippen molar-refractivity contribution in [2.24, 2.45) is 5.92 Å². The molecule has 0 radical (unpaired) electrons. The van der Waals surface area contributed by atoms with Crippen LogP contribution in [0.25, 0.3) is 10.9 Å². The number of carbonyl (C=O) groups is 2. The molecule has 2 aromatic rings. The molecule has 1 aromatic heterocycles. The number of hydrogen-bond acceptors (Lipinski definition) is 2. The monoisotopic (exact) mass is 343 g/mol. The fraction of sp³-hybridized carbons (Fsp3) is 0.500. The maximum absolute atomic E-state index is 11.9. The molecule has 0 fully saturated rings. The predicted octanol–water partition coefficient (Wildman–Crippen LogP) is 3.16. The number of aromatic amines is 1. The highest BCUT2D eigenvalue weighted by molar-refractivity contribution is 6.35. The molecular formula is C20H29N3O2. The number of H-pyrrole nitrogens is 1. The van der Waals surface area contributed by atoms with E-state index in [0.29, 0.717) is 25.4 Å². The lowest BCUT2D eigenvalue weighted by atomic mass is 9.99. The van der Waals surface area contributed by atoms with Crippen molar-refractivity contribution >= 4 is 22.7 Å². The lowest BCUT2D eigenvalue weighted by molar-refractivity contribution is -0.139. The number of para-hydroxylation sites is 1. The summed E-state index contributed by atoms with van der Waals surface area (Å²) in [6, 6.07) is 8.05. The minimum atomic E-state index is -0.551. The summed E-state index contributed by atoms with van der Waals surface area (Å²) >= 11 is 0. The number of benzene rings is 1. The van der Waals surface area contributed by atoms with Gasteiger partial charge in [0.15, 0.2) is 0 Å². The van der Waals surface area contributed by atoms with Crippen molar-refractivity contribution in [1.29, 1.82) is 0 Å². The third-order valence-corrected chi connectivity index (χ3v) is 4.66. The van der Waals surface area contributed by atoms with Crippen LogP contribution in [-0.2, 0) is 16.0 Å². The smallest absolute Gasteiger partial charge is 0.309 e. The normalized spacial score (nSPS) is 12.1. The molecule has 0 saturated carbocycles. The van der Waals surface area contributed by atoms with Gasteiger partial charge in [0.25, 0.3) is 0 Å². The zero-order valence-corrected chi connectivity index (χ0v) is 15.2. The number of aromatic nitrogens is 1. The number of nitrogens with one attached hydrogen (secondary N) is 3. The molecule has 0 saturated heterocycles. The topological polar surface area (TPSA) is 74.0 Å². The van der Waals surface area contributed by atoms with Crippen molar-refractivity contribution in [2.45, 2.75) is 46.0 Å². The second-order valence-corrected chi connectivity index (χ2v) is 6.49. The van der Waals surface area contributed by atoms with Crippen LogP contribution >= 0.6 is 0 Å². The summed E-state index contributed by atoms with van der Waals surface area (Å²) in [5, 5.41) is 6.62. The molecule has 3 N–H and O–H groups in total. The summed E-state index contributed by atoms with van der Waals surface area (Å²) in [5.74, 6) is -0.637. The Kier molecular flexibility index (Phi) is 7.51. The van der Waals surface area contributed by atoms with E-state index in [-0.39, 0.29) is 0 Å². The third kappa shape index (κ3) is 5.62. The molecule has 1 aromatic carbocycles. The molecule has 0 unspecified atom stereocenters. The minimum Gasteiger partial charge on any atom is -0.361 e. The van der Waals surface area contributed by atoms with Gasteiger partial charge < -0.3 is 15.6 Å². The summed E-state index contributed by atoms with van der Waals surface area (Å²) in [6.07, 6.45) is 7.06. The second-order valence-electron chi connectivity index (χ2n) is 6.49. The van der Waals surface area contributed by atoms with Crippen LogP contribution in [0.5, 0.6) is 0 Å². The highest BCUT2D eigenvalue weighted by atomic mass is 16.2. The Bertz CT molecular complexity index is 693. The Morgan fingerprint density at radius 2 is 1.88 bits per heavy atom. The largest absolute Gasteiger partial charge is 0.361 e. The van der Waals surface area contributed by atoms with Gasteiger partial charge in [-0.15, -0.1) is 0 Å². The van der Waals surface area contributed by atoms with Crippen LogP contribution in [0, 0.1) is 5.92 Å². The first kappa shape index (κ1) is 19.0. The summed E-state index contributed by atoms with van der Waals surface area (Å²) in [6.45, 7) is 5.30. The standard InChI is InChI=1S/C20H29N3O2/c1-3-5-8-15(4-2)13-23-20(25)19(24)21-12-11-16-14-22-18-10-7-6-9-17(16)18/h6-7,9-10,14-15,22H,3-5,8,11-13H2,1-2H3,(H,21,24)(H,23,25)/t15-/m1/s1. The van der Waals surface area contributed by atoms with Gasteiger partial charge in [0, 0.05) is 30.2 Å². The molecule has 25 heavy (non-hydrogen) atoms. The zero-order valence-electron chi connectivity index (χ0n) is 15.2. The lowest BCUT2D eigenvalue weighted by Gasteiger charge is -2.15. The Morgan fingerprint density at radius 1 is 1.12 bits per heavy atom. The summed E-state index contributed by atoms with van der Waals surface area (Å²) in [5.41, 5.74) is 2.22. The van der Waals surface area contributed by atoms with Gasteiger partial charge in [0.1, 0.15) is 0 Å². The van der Waals surface area contributed by atoms with Gasteiger partial charge in [-0.3, -0.25) is 9.59 Å². The second kappa shape index (κ2) is 9.87. The number of amides is 2. The van der Waals surface area contributed by atoms with E-state index in [2.05, 4.69) is 35.5 Å². The van der Waals surface area contributed by atoms with Crippen LogP contribution in [-0.4, -0.2) is 29.9 Å². The molecular weight excluding hydrogens is 314 g/mol. The molecule has 136 valence electrons. The molecule has 1 heterocycles. The molecule has 0 spiro atoms. The third-order valence-electron chi connectivity index (χ3n) is 4.66. The van der Waals surface area contributed by atoms with E-state index < -0.39 is 11.8 Å². The molecule has 0 aliphatic heterocycles. The molecule has 2 rings (SSSR count). The van der Waals surface area contributed by atoms with Gasteiger partial charge in [0.2, 0.25) is 0 Å². The van der Waals surface area contributed by atoms with E-state index >= 15 is 0 Å². The molecule has 5 heteroatoms. The molecule has 1 atom stereocenters. The fourth-order valence-corrected chi connectivity index (χ4v) is 2.99. The predicted molar refractivity (Wildman–Crippen MR) is 101 cm³/mol. The summed E-state index contributed by atoms with van der Waals surface area (Å²) in [4.78, 5) is 27.0. The van der Waals surface area contributed by atoms with Crippen molar-refractivity contribution in [2.75, 3.05) is 13.1 Å². The number of carbonyl (C=O) groups excluding carboxylic acids is 2. The average Bonchev–Trinajstić information content (AvgIpc) is 3.05. The SMILES string of the molecule is CCCC[C@@H](CC)CNC(=O)C(=O)NCCc1c[nH]c2ccccc12. The number of rotatable bonds is 9. The highest BCUT2D eigenvalue weighted by Gasteiger charge is 2.15. The average molecular weight is 343 g/mol. The highest BCUT2D eigenvalue weighted by Crippen LogP contribution is 2.17. The van der Waals surface area contributed by atoms with Crippen molar-refractivity contribution < 1.29 is 9.59 Å². The Morgan fingerprint density at radius 3 is 2.64 bits per heavy atom. The quantitative estimate of drug-likeness (QED) is 0.612. The molecule has 2 amide bonds. The van der Waals surface area contributed by atoms with Gasteiger partial charge in [0.05, 0.1) is 0 Å². The number of fused-ring (bicyclic) bond motifs is 1. The fourth-order valence-electron chi connectivity index (χ4n) is 2.99. The van der Waals surface area contributed by atoms with Crippen molar-refractivity contribution in [3.63, 3.8) is 0 Å². The first-order chi connectivity index (χ1) is 12.2. The van der Waals surface area contributed by atoms with Crippen LogP contribution < -0.4 is 10.6 Å². The van der Waals surface area contributed by atoms with Gasteiger partial charge in [-0.25, -0.2) is 0 Å². The van der Waals surface area contributed by atoms with E-state index in [1.807, 2.05) is 24.4 Å². The number of hydrogen-bond donors (Lipinski definition) is 3. The van der Waals surface area contributed by atoms with E-state index in [1.54, 1.807) is 0 Å².